The summed E-state index contributed by atoms with van der Waals surface area (Å²) in [6.45, 7) is 0. The molecular formula is C13H9BrN2O2S. The Hall–Kier alpha value is -1.66. The highest BCUT2D eigenvalue weighted by molar-refractivity contribution is 9.10. The molecule has 0 aliphatic heterocycles. The third kappa shape index (κ3) is 1.97. The van der Waals surface area contributed by atoms with Crippen LogP contribution in [0.4, 0.5) is 0 Å². The summed E-state index contributed by atoms with van der Waals surface area (Å²) >= 11 is 3.34. The topological polar surface area (TPSA) is 52.0 Å². The molecule has 0 saturated heterocycles. The van der Waals surface area contributed by atoms with E-state index in [1.54, 1.807) is 55.0 Å². The first-order chi connectivity index (χ1) is 9.10. The number of benzene rings is 1. The molecule has 19 heavy (non-hydrogen) atoms. The smallest absolute Gasteiger partial charge is 0.263 e. The van der Waals surface area contributed by atoms with Crippen LogP contribution in [-0.4, -0.2) is 17.4 Å². The Balaban J connectivity index is 2.31. The van der Waals surface area contributed by atoms with Crippen LogP contribution in [0.5, 0.6) is 0 Å². The highest BCUT2D eigenvalue weighted by Crippen LogP contribution is 2.27. The standard InChI is InChI=1S/C13H9BrN2O2S/c14-12-9-15-8-10-6-7-16(13(10)12)19(17,18)11-4-2-1-3-5-11/h1-9H. The fraction of sp³-hybridized carbons (Fsp3) is 0. The Morgan fingerprint density at radius 2 is 1.79 bits per heavy atom. The van der Waals surface area contributed by atoms with Gasteiger partial charge in [0.1, 0.15) is 0 Å². The van der Waals surface area contributed by atoms with E-state index >= 15 is 0 Å². The quantitative estimate of drug-likeness (QED) is 0.722. The molecule has 2 heterocycles. The van der Waals surface area contributed by atoms with Crippen LogP contribution in [0, 0.1) is 0 Å². The van der Waals surface area contributed by atoms with Crippen molar-refractivity contribution in [2.45, 2.75) is 4.90 Å². The molecule has 0 spiro atoms. The van der Waals surface area contributed by atoms with Crippen LogP contribution in [0.2, 0.25) is 0 Å². The van der Waals surface area contributed by atoms with Crippen molar-refractivity contribution in [1.29, 1.82) is 0 Å². The van der Waals surface area contributed by atoms with E-state index in [9.17, 15) is 8.42 Å². The molecule has 2 aromatic heterocycles. The molecule has 0 aliphatic carbocycles. The van der Waals surface area contributed by atoms with Crippen LogP contribution in [0.1, 0.15) is 0 Å². The lowest BCUT2D eigenvalue weighted by atomic mass is 10.3. The number of nitrogens with zero attached hydrogens (tertiary/aromatic N) is 2. The molecular weight excluding hydrogens is 328 g/mol. The molecule has 4 nitrogen and oxygen atoms in total. The van der Waals surface area contributed by atoms with Gasteiger partial charge in [-0.05, 0) is 34.1 Å². The second kappa shape index (κ2) is 4.47. The molecule has 0 atom stereocenters. The lowest BCUT2D eigenvalue weighted by molar-refractivity contribution is 0.589. The Bertz CT molecular complexity index is 841. The van der Waals surface area contributed by atoms with Gasteiger partial charge in [0.05, 0.1) is 14.9 Å². The number of fused-ring (bicyclic) bond motifs is 1. The van der Waals surface area contributed by atoms with Crippen molar-refractivity contribution in [3.63, 3.8) is 0 Å². The summed E-state index contributed by atoms with van der Waals surface area (Å²) in [5.74, 6) is 0. The lowest BCUT2D eigenvalue weighted by Gasteiger charge is -2.08. The van der Waals surface area contributed by atoms with Crippen molar-refractivity contribution >= 4 is 36.9 Å². The zero-order valence-electron chi connectivity index (χ0n) is 9.69. The zero-order valence-corrected chi connectivity index (χ0v) is 12.1. The van der Waals surface area contributed by atoms with E-state index in [1.165, 1.54) is 3.97 Å². The van der Waals surface area contributed by atoms with Crippen LogP contribution >= 0.6 is 15.9 Å². The van der Waals surface area contributed by atoms with Gasteiger partial charge in [-0.15, -0.1) is 0 Å². The van der Waals surface area contributed by atoms with Gasteiger partial charge in [0.15, 0.2) is 0 Å². The van der Waals surface area contributed by atoms with Crippen molar-refractivity contribution in [2.24, 2.45) is 0 Å². The first-order valence-corrected chi connectivity index (χ1v) is 7.75. The average Bonchev–Trinajstić information content (AvgIpc) is 2.86. The summed E-state index contributed by atoms with van der Waals surface area (Å²) in [5.41, 5.74) is 0.596. The fourth-order valence-corrected chi connectivity index (χ4v) is 3.98. The van der Waals surface area contributed by atoms with Crippen molar-refractivity contribution in [3.05, 3.63) is 59.5 Å². The normalized spacial score (nSPS) is 11.8. The molecule has 6 heteroatoms. The Kier molecular flexibility index (Phi) is 2.91. The molecule has 3 rings (SSSR count). The van der Waals surface area contributed by atoms with Gasteiger partial charge in [-0.25, -0.2) is 12.4 Å². The van der Waals surface area contributed by atoms with Gasteiger partial charge < -0.3 is 0 Å². The Morgan fingerprint density at radius 1 is 1.05 bits per heavy atom. The molecule has 0 aliphatic rings. The van der Waals surface area contributed by atoms with Crippen LogP contribution < -0.4 is 0 Å². The fourth-order valence-electron chi connectivity index (χ4n) is 1.93. The SMILES string of the molecule is O=S(=O)(c1ccccc1)n1ccc2cncc(Br)c21. The second-order valence-corrected chi connectivity index (χ2v) is 6.66. The van der Waals surface area contributed by atoms with E-state index in [-0.39, 0.29) is 4.90 Å². The number of aromatic nitrogens is 2. The van der Waals surface area contributed by atoms with Crippen LogP contribution in [0.15, 0.2) is 64.4 Å². The Labute approximate surface area is 118 Å². The minimum atomic E-state index is -3.59. The van der Waals surface area contributed by atoms with Crippen molar-refractivity contribution in [3.8, 4) is 0 Å². The molecule has 0 N–H and O–H groups in total. The van der Waals surface area contributed by atoms with Crippen molar-refractivity contribution in [2.75, 3.05) is 0 Å². The number of rotatable bonds is 2. The summed E-state index contributed by atoms with van der Waals surface area (Å²) in [6, 6.07) is 10.1. The van der Waals surface area contributed by atoms with Crippen molar-refractivity contribution in [1.82, 2.24) is 8.96 Å². The summed E-state index contributed by atoms with van der Waals surface area (Å²) in [7, 11) is -3.59. The van der Waals surface area contributed by atoms with Crippen LogP contribution in [-0.2, 0) is 10.0 Å². The van der Waals surface area contributed by atoms with Gasteiger partial charge >= 0.3 is 0 Å². The van der Waals surface area contributed by atoms with E-state index in [0.29, 0.717) is 9.99 Å². The highest BCUT2D eigenvalue weighted by atomic mass is 79.9. The predicted molar refractivity (Wildman–Crippen MR) is 76.5 cm³/mol. The number of halogens is 1. The molecule has 0 saturated carbocycles. The van der Waals surface area contributed by atoms with Gasteiger partial charge in [-0.2, -0.15) is 0 Å². The maximum Gasteiger partial charge on any atom is 0.268 e. The average molecular weight is 337 g/mol. The summed E-state index contributed by atoms with van der Waals surface area (Å²) in [6.07, 6.45) is 4.76. The summed E-state index contributed by atoms with van der Waals surface area (Å²) in [4.78, 5) is 4.29. The molecule has 0 unspecified atom stereocenters. The van der Waals surface area contributed by atoms with E-state index in [2.05, 4.69) is 20.9 Å². The summed E-state index contributed by atoms with van der Waals surface area (Å²) in [5, 5.41) is 0.772. The molecule has 1 aromatic carbocycles. The van der Waals surface area contributed by atoms with Gasteiger partial charge in [-0.1, -0.05) is 18.2 Å². The van der Waals surface area contributed by atoms with E-state index in [1.807, 2.05) is 0 Å². The molecule has 0 bridgehead atoms. The first kappa shape index (κ1) is 12.4. The Morgan fingerprint density at radius 3 is 2.53 bits per heavy atom. The molecule has 0 fully saturated rings. The number of hydrogen-bond acceptors (Lipinski definition) is 3. The van der Waals surface area contributed by atoms with Gasteiger partial charge in [0, 0.05) is 24.0 Å². The van der Waals surface area contributed by atoms with E-state index < -0.39 is 10.0 Å². The summed E-state index contributed by atoms with van der Waals surface area (Å²) < 4.78 is 27.1. The second-order valence-electron chi connectivity index (χ2n) is 3.99. The largest absolute Gasteiger partial charge is 0.268 e. The number of pyridine rings is 1. The minimum Gasteiger partial charge on any atom is -0.263 e. The minimum absolute atomic E-state index is 0.260. The zero-order chi connectivity index (χ0) is 13.5. The predicted octanol–water partition coefficient (Wildman–Crippen LogP) is 3.04. The molecule has 0 radical (unpaired) electrons. The van der Waals surface area contributed by atoms with Crippen LogP contribution in [0.25, 0.3) is 10.9 Å². The molecule has 0 amide bonds. The highest BCUT2D eigenvalue weighted by Gasteiger charge is 2.19. The van der Waals surface area contributed by atoms with Crippen LogP contribution in [0.3, 0.4) is 0 Å². The monoisotopic (exact) mass is 336 g/mol. The third-order valence-corrected chi connectivity index (χ3v) is 5.08. The van der Waals surface area contributed by atoms with Gasteiger partial charge in [0.2, 0.25) is 0 Å². The maximum absolute atomic E-state index is 12.6. The van der Waals surface area contributed by atoms with Gasteiger partial charge in [0.25, 0.3) is 10.0 Å². The maximum atomic E-state index is 12.6. The lowest BCUT2D eigenvalue weighted by Crippen LogP contribution is -2.11. The first-order valence-electron chi connectivity index (χ1n) is 5.52. The molecule has 96 valence electrons. The van der Waals surface area contributed by atoms with E-state index in [0.717, 1.165) is 5.39 Å². The number of hydrogen-bond donors (Lipinski definition) is 0. The van der Waals surface area contributed by atoms with E-state index in [4.69, 9.17) is 0 Å². The molecule has 3 aromatic rings. The third-order valence-electron chi connectivity index (χ3n) is 2.81. The van der Waals surface area contributed by atoms with Crippen molar-refractivity contribution < 1.29 is 8.42 Å². The van der Waals surface area contributed by atoms with Gasteiger partial charge in [-0.3, -0.25) is 4.98 Å².